The molecule has 0 aromatic heterocycles. The van der Waals surface area contributed by atoms with Crippen LogP contribution >= 0.6 is 0 Å². The van der Waals surface area contributed by atoms with Crippen LogP contribution in [0.4, 0.5) is 0 Å². The molecule has 1 aliphatic rings. The summed E-state index contributed by atoms with van der Waals surface area (Å²) in [5.41, 5.74) is 0.732. The molecule has 2 rings (SSSR count). The van der Waals surface area contributed by atoms with E-state index in [0.717, 1.165) is 37.3 Å². The van der Waals surface area contributed by atoms with Crippen LogP contribution in [0.15, 0.2) is 42.7 Å². The van der Waals surface area contributed by atoms with Gasteiger partial charge in [-0.3, -0.25) is 9.69 Å². The number of likely N-dealkylation sites (tertiary alicyclic amines) is 1. The van der Waals surface area contributed by atoms with Gasteiger partial charge in [0.15, 0.2) is 0 Å². The van der Waals surface area contributed by atoms with Crippen LogP contribution in [0.3, 0.4) is 0 Å². The van der Waals surface area contributed by atoms with Gasteiger partial charge in [0.2, 0.25) is 0 Å². The summed E-state index contributed by atoms with van der Waals surface area (Å²) in [4.78, 5) is 14.0. The molecule has 0 N–H and O–H groups in total. The van der Waals surface area contributed by atoms with Crippen LogP contribution < -0.4 is 0 Å². The van der Waals surface area contributed by atoms with E-state index >= 15 is 0 Å². The van der Waals surface area contributed by atoms with Gasteiger partial charge >= 0.3 is 5.97 Å². The van der Waals surface area contributed by atoms with Gasteiger partial charge in [-0.25, -0.2) is 0 Å². The van der Waals surface area contributed by atoms with Crippen molar-refractivity contribution in [3.05, 3.63) is 48.2 Å². The van der Waals surface area contributed by atoms with Crippen LogP contribution in [0, 0.1) is 5.92 Å². The summed E-state index contributed by atoms with van der Waals surface area (Å²) in [7, 11) is 0. The average Bonchev–Trinajstić information content (AvgIpc) is 2.52. The number of benzene rings is 1. The smallest absolute Gasteiger partial charge is 0.320 e. The first kappa shape index (κ1) is 18.5. The molecule has 0 aliphatic carbocycles. The Morgan fingerprint density at radius 2 is 1.83 bits per heavy atom. The van der Waals surface area contributed by atoms with Gasteiger partial charge in [-0.15, -0.1) is 0 Å². The number of ether oxygens (including phenoxy) is 2. The van der Waals surface area contributed by atoms with Gasteiger partial charge in [0, 0.05) is 5.92 Å². The van der Waals surface area contributed by atoms with Gasteiger partial charge in [0.05, 0.1) is 12.3 Å². The Morgan fingerprint density at radius 3 is 2.42 bits per heavy atom. The lowest BCUT2D eigenvalue weighted by molar-refractivity contribution is -0.156. The number of hydrogen-bond donors (Lipinski definition) is 0. The minimum Gasteiger partial charge on any atom is -0.494 e. The third-order valence-corrected chi connectivity index (χ3v) is 4.08. The van der Waals surface area contributed by atoms with Crippen LogP contribution in [0.5, 0.6) is 0 Å². The summed E-state index contributed by atoms with van der Waals surface area (Å²) < 4.78 is 11.2. The van der Waals surface area contributed by atoms with Crippen molar-refractivity contribution in [1.29, 1.82) is 0 Å². The van der Waals surface area contributed by atoms with E-state index in [-0.39, 0.29) is 5.97 Å². The first-order chi connectivity index (χ1) is 11.3. The number of allylic oxidation sites excluding steroid dienone is 1. The Kier molecular flexibility index (Phi) is 6.44. The molecule has 0 atom stereocenters. The van der Waals surface area contributed by atoms with E-state index < -0.39 is 5.60 Å². The average molecular weight is 331 g/mol. The topological polar surface area (TPSA) is 38.8 Å². The van der Waals surface area contributed by atoms with Crippen molar-refractivity contribution < 1.29 is 14.3 Å². The molecule has 0 amide bonds. The van der Waals surface area contributed by atoms with Crippen molar-refractivity contribution in [3.8, 4) is 0 Å². The fourth-order valence-electron chi connectivity index (χ4n) is 2.84. The predicted octanol–water partition coefficient (Wildman–Crippen LogP) is 3.77. The van der Waals surface area contributed by atoms with Crippen LogP contribution in [-0.2, 0) is 20.9 Å². The molecule has 4 nitrogen and oxygen atoms in total. The normalized spacial score (nSPS) is 16.6. The molecule has 1 saturated heterocycles. The molecule has 0 saturated carbocycles. The predicted molar refractivity (Wildman–Crippen MR) is 95.4 cm³/mol. The van der Waals surface area contributed by atoms with E-state index in [9.17, 15) is 4.79 Å². The minimum atomic E-state index is -0.422. The lowest BCUT2D eigenvalue weighted by Gasteiger charge is -2.32. The van der Waals surface area contributed by atoms with Crippen LogP contribution in [0.1, 0.15) is 39.2 Å². The molecule has 1 aromatic rings. The number of hydrogen-bond acceptors (Lipinski definition) is 4. The van der Waals surface area contributed by atoms with Crippen LogP contribution in [-0.4, -0.2) is 36.1 Å². The highest BCUT2D eigenvalue weighted by atomic mass is 16.6. The van der Waals surface area contributed by atoms with Crippen molar-refractivity contribution in [2.24, 2.45) is 5.92 Å². The minimum absolute atomic E-state index is 0.153. The summed E-state index contributed by atoms with van der Waals surface area (Å²) >= 11 is 0. The second-order valence-electron chi connectivity index (χ2n) is 7.38. The number of carbonyl (C=O) groups is 1. The molecule has 1 aromatic carbocycles. The molecule has 0 radical (unpaired) electrons. The number of nitrogens with zero attached hydrogens (tertiary/aromatic N) is 1. The van der Waals surface area contributed by atoms with E-state index in [1.165, 1.54) is 0 Å². The molecular weight excluding hydrogens is 302 g/mol. The maximum Gasteiger partial charge on any atom is 0.320 e. The van der Waals surface area contributed by atoms with Crippen molar-refractivity contribution >= 4 is 5.97 Å². The van der Waals surface area contributed by atoms with Gasteiger partial charge < -0.3 is 9.47 Å². The Morgan fingerprint density at radius 1 is 1.21 bits per heavy atom. The lowest BCUT2D eigenvalue weighted by Crippen LogP contribution is -2.40. The van der Waals surface area contributed by atoms with Crippen molar-refractivity contribution in [2.45, 2.75) is 45.8 Å². The fraction of sp³-hybridized carbons (Fsp3) is 0.550. The van der Waals surface area contributed by atoms with E-state index in [1.807, 2.05) is 39.0 Å². The highest BCUT2D eigenvalue weighted by Gasteiger charge is 2.25. The second-order valence-corrected chi connectivity index (χ2v) is 7.38. The van der Waals surface area contributed by atoms with Gasteiger partial charge in [0.25, 0.3) is 0 Å². The number of piperidine rings is 1. The lowest BCUT2D eigenvalue weighted by atomic mass is 9.95. The first-order valence-corrected chi connectivity index (χ1v) is 8.63. The van der Waals surface area contributed by atoms with E-state index in [0.29, 0.717) is 19.1 Å². The molecular formula is C20H29NO3. The highest BCUT2D eigenvalue weighted by Crippen LogP contribution is 2.25. The van der Waals surface area contributed by atoms with Gasteiger partial charge in [-0.2, -0.15) is 0 Å². The molecule has 132 valence electrons. The standard InChI is InChI=1S/C20H29NO3/c1-16(23-15-17-8-6-5-7-9-17)18-10-12-21(13-11-18)14-19(22)24-20(2,3)4/h5-9,18H,1,10-15H2,2-4H3. The van der Waals surface area contributed by atoms with Crippen LogP contribution in [0.25, 0.3) is 0 Å². The molecule has 24 heavy (non-hydrogen) atoms. The third kappa shape index (κ3) is 6.36. The Bertz CT molecular complexity index is 540. The van der Waals surface area contributed by atoms with Crippen molar-refractivity contribution in [3.63, 3.8) is 0 Å². The molecule has 4 heteroatoms. The van der Waals surface area contributed by atoms with Crippen molar-refractivity contribution in [2.75, 3.05) is 19.6 Å². The van der Waals surface area contributed by atoms with Gasteiger partial charge in [0.1, 0.15) is 12.2 Å². The number of esters is 1. The van der Waals surface area contributed by atoms with Crippen molar-refractivity contribution in [1.82, 2.24) is 4.90 Å². The number of carbonyl (C=O) groups excluding carboxylic acids is 1. The monoisotopic (exact) mass is 331 g/mol. The van der Waals surface area contributed by atoms with E-state index in [2.05, 4.69) is 23.6 Å². The molecule has 0 spiro atoms. The Balaban J connectivity index is 1.70. The molecule has 0 bridgehead atoms. The maximum absolute atomic E-state index is 11.9. The fourth-order valence-corrected chi connectivity index (χ4v) is 2.84. The highest BCUT2D eigenvalue weighted by molar-refractivity contribution is 5.72. The summed E-state index contributed by atoms with van der Waals surface area (Å²) in [6.07, 6.45) is 1.94. The van der Waals surface area contributed by atoms with E-state index in [4.69, 9.17) is 9.47 Å². The molecule has 1 aliphatic heterocycles. The van der Waals surface area contributed by atoms with Gasteiger partial charge in [-0.1, -0.05) is 36.9 Å². The van der Waals surface area contributed by atoms with E-state index in [1.54, 1.807) is 0 Å². The Labute approximate surface area is 145 Å². The summed E-state index contributed by atoms with van der Waals surface area (Å²) in [6.45, 7) is 12.5. The largest absolute Gasteiger partial charge is 0.494 e. The Hall–Kier alpha value is -1.81. The first-order valence-electron chi connectivity index (χ1n) is 8.63. The maximum atomic E-state index is 11.9. The number of rotatable bonds is 6. The zero-order chi connectivity index (χ0) is 17.6. The summed E-state index contributed by atoms with van der Waals surface area (Å²) in [5.74, 6) is 1.07. The quantitative estimate of drug-likeness (QED) is 0.587. The van der Waals surface area contributed by atoms with Crippen LogP contribution in [0.2, 0.25) is 0 Å². The SMILES string of the molecule is C=C(OCc1ccccc1)C1CCN(CC(=O)OC(C)(C)C)CC1. The zero-order valence-electron chi connectivity index (χ0n) is 15.1. The molecule has 1 heterocycles. The molecule has 0 unspecified atom stereocenters. The third-order valence-electron chi connectivity index (χ3n) is 4.08. The zero-order valence-corrected chi connectivity index (χ0v) is 15.1. The summed E-state index contributed by atoms with van der Waals surface area (Å²) in [6, 6.07) is 10.1. The second kappa shape index (κ2) is 8.34. The summed E-state index contributed by atoms with van der Waals surface area (Å²) in [5, 5.41) is 0. The molecule has 1 fully saturated rings. The van der Waals surface area contributed by atoms with Gasteiger partial charge in [-0.05, 0) is 52.3 Å².